The molecule has 0 unspecified atom stereocenters. The van der Waals surface area contributed by atoms with Crippen molar-refractivity contribution >= 4 is 17.2 Å². The molecular weight excluding hydrogens is 162 g/mol. The Hall–Kier alpha value is -1.57. The van der Waals surface area contributed by atoms with Gasteiger partial charge in [-0.3, -0.25) is 4.79 Å². The summed E-state index contributed by atoms with van der Waals surface area (Å²) in [6.45, 7) is 4.04. The lowest BCUT2D eigenvalue weighted by molar-refractivity contribution is 0.112. The van der Waals surface area contributed by atoms with Crippen molar-refractivity contribution < 1.29 is 4.79 Å². The molecule has 0 saturated heterocycles. The molecule has 2 nitrogen and oxygen atoms in total. The second-order valence-corrected chi connectivity index (χ2v) is 3.35. The van der Waals surface area contributed by atoms with E-state index in [2.05, 4.69) is 4.98 Å². The lowest BCUT2D eigenvalue weighted by atomic mass is 10.1. The maximum atomic E-state index is 10.6. The maximum Gasteiger partial charge on any atom is 0.150 e. The number of aldehydes is 1. The molecule has 1 heterocycles. The molecule has 1 N–H and O–H groups in total. The third-order valence-electron chi connectivity index (χ3n) is 2.35. The van der Waals surface area contributed by atoms with Crippen LogP contribution in [0.25, 0.3) is 10.9 Å². The van der Waals surface area contributed by atoms with Crippen LogP contribution in [0.3, 0.4) is 0 Å². The average molecular weight is 173 g/mol. The number of carbonyl (C=O) groups is 1. The predicted molar refractivity (Wildman–Crippen MR) is 53.2 cm³/mol. The molecule has 0 aliphatic rings. The highest BCUT2D eigenvalue weighted by Gasteiger charge is 2.03. The van der Waals surface area contributed by atoms with Gasteiger partial charge in [0.25, 0.3) is 0 Å². The Labute approximate surface area is 76.6 Å². The van der Waals surface area contributed by atoms with Crippen molar-refractivity contribution in [1.82, 2.24) is 4.98 Å². The Morgan fingerprint density at radius 3 is 2.69 bits per heavy atom. The van der Waals surface area contributed by atoms with Crippen LogP contribution in [0.1, 0.15) is 21.5 Å². The van der Waals surface area contributed by atoms with Crippen LogP contribution < -0.4 is 0 Å². The summed E-state index contributed by atoms with van der Waals surface area (Å²) in [5.41, 5.74) is 4.17. The minimum absolute atomic E-state index is 0.743. The summed E-state index contributed by atoms with van der Waals surface area (Å²) in [5, 5.41) is 1.14. The van der Waals surface area contributed by atoms with E-state index in [4.69, 9.17) is 0 Å². The average Bonchev–Trinajstić information content (AvgIpc) is 2.48. The van der Waals surface area contributed by atoms with E-state index in [9.17, 15) is 4.79 Å². The van der Waals surface area contributed by atoms with Crippen molar-refractivity contribution in [1.29, 1.82) is 0 Å². The van der Waals surface area contributed by atoms with E-state index in [1.807, 2.05) is 32.2 Å². The van der Waals surface area contributed by atoms with Crippen molar-refractivity contribution in [3.8, 4) is 0 Å². The lowest BCUT2D eigenvalue weighted by Crippen LogP contribution is -1.83. The molecule has 0 bridgehead atoms. The van der Waals surface area contributed by atoms with Gasteiger partial charge in [0.05, 0.1) is 0 Å². The Balaban J connectivity index is 2.87. The molecule has 0 atom stereocenters. The molecule has 0 radical (unpaired) electrons. The van der Waals surface area contributed by atoms with Crippen molar-refractivity contribution in [2.24, 2.45) is 0 Å². The molecule has 0 aliphatic heterocycles. The zero-order chi connectivity index (χ0) is 9.42. The van der Waals surface area contributed by atoms with E-state index >= 15 is 0 Å². The van der Waals surface area contributed by atoms with Gasteiger partial charge >= 0.3 is 0 Å². The summed E-state index contributed by atoms with van der Waals surface area (Å²) >= 11 is 0. The molecule has 0 spiro atoms. The summed E-state index contributed by atoms with van der Waals surface area (Å²) in [5.74, 6) is 0. The molecule has 2 aromatic rings. The monoisotopic (exact) mass is 173 g/mol. The molecule has 13 heavy (non-hydrogen) atoms. The van der Waals surface area contributed by atoms with E-state index in [0.29, 0.717) is 0 Å². The Bertz CT molecular complexity index is 468. The molecule has 2 rings (SSSR count). The highest BCUT2D eigenvalue weighted by molar-refractivity contribution is 5.91. The largest absolute Gasteiger partial charge is 0.361 e. The van der Waals surface area contributed by atoms with E-state index in [1.165, 1.54) is 5.56 Å². The molecule has 1 aromatic carbocycles. The standard InChI is InChI=1S/C11H11NO/c1-7-3-9(6-13)4-10-8(2)5-12-11(7)10/h3-6,12H,1-2H3. The maximum absolute atomic E-state index is 10.6. The fourth-order valence-corrected chi connectivity index (χ4v) is 1.64. The summed E-state index contributed by atoms with van der Waals surface area (Å²) in [7, 11) is 0. The van der Waals surface area contributed by atoms with Crippen LogP contribution in [0.2, 0.25) is 0 Å². The number of H-pyrrole nitrogens is 1. The molecule has 0 fully saturated rings. The van der Waals surface area contributed by atoms with Gasteiger partial charge in [-0.15, -0.1) is 0 Å². The summed E-state index contributed by atoms with van der Waals surface area (Å²) in [6.07, 6.45) is 2.85. The normalized spacial score (nSPS) is 10.6. The Morgan fingerprint density at radius 1 is 1.23 bits per heavy atom. The van der Waals surface area contributed by atoms with Crippen LogP contribution in [0, 0.1) is 13.8 Å². The second-order valence-electron chi connectivity index (χ2n) is 3.35. The van der Waals surface area contributed by atoms with Gasteiger partial charge in [-0.25, -0.2) is 0 Å². The molecular formula is C11H11NO. The number of benzene rings is 1. The van der Waals surface area contributed by atoms with Crippen molar-refractivity contribution in [3.63, 3.8) is 0 Å². The number of aromatic amines is 1. The minimum Gasteiger partial charge on any atom is -0.361 e. The first-order chi connectivity index (χ1) is 6.22. The van der Waals surface area contributed by atoms with Gasteiger partial charge in [0.15, 0.2) is 0 Å². The van der Waals surface area contributed by atoms with Gasteiger partial charge in [0, 0.05) is 22.7 Å². The summed E-state index contributed by atoms with van der Waals surface area (Å²) in [4.78, 5) is 13.8. The van der Waals surface area contributed by atoms with Crippen LogP contribution in [-0.4, -0.2) is 11.3 Å². The number of aryl methyl sites for hydroxylation is 2. The van der Waals surface area contributed by atoms with Crippen molar-refractivity contribution in [3.05, 3.63) is 35.0 Å². The molecule has 66 valence electrons. The SMILES string of the molecule is Cc1c[nH]c2c(C)cc(C=O)cc12. The van der Waals surface area contributed by atoms with Crippen molar-refractivity contribution in [2.75, 3.05) is 0 Å². The first-order valence-electron chi connectivity index (χ1n) is 4.26. The molecule has 2 heteroatoms. The van der Waals surface area contributed by atoms with E-state index in [1.54, 1.807) is 0 Å². The van der Waals surface area contributed by atoms with Crippen LogP contribution in [0.4, 0.5) is 0 Å². The first-order valence-corrected chi connectivity index (χ1v) is 4.26. The van der Waals surface area contributed by atoms with Gasteiger partial charge in [-0.1, -0.05) is 0 Å². The molecule has 1 aromatic heterocycles. The third kappa shape index (κ3) is 1.15. The van der Waals surface area contributed by atoms with Crippen LogP contribution in [-0.2, 0) is 0 Å². The molecule has 0 amide bonds. The van der Waals surface area contributed by atoms with Crippen LogP contribution in [0.5, 0.6) is 0 Å². The third-order valence-corrected chi connectivity index (χ3v) is 2.35. The van der Waals surface area contributed by atoms with Gasteiger partial charge in [0.2, 0.25) is 0 Å². The van der Waals surface area contributed by atoms with E-state index in [0.717, 1.165) is 28.3 Å². The number of hydrogen-bond acceptors (Lipinski definition) is 1. The molecule has 0 aliphatic carbocycles. The summed E-state index contributed by atoms with van der Waals surface area (Å²) < 4.78 is 0. The van der Waals surface area contributed by atoms with Crippen molar-refractivity contribution in [2.45, 2.75) is 13.8 Å². The number of rotatable bonds is 1. The number of fused-ring (bicyclic) bond motifs is 1. The number of hydrogen-bond donors (Lipinski definition) is 1. The number of carbonyl (C=O) groups excluding carboxylic acids is 1. The van der Waals surface area contributed by atoms with E-state index < -0.39 is 0 Å². The van der Waals surface area contributed by atoms with Gasteiger partial charge in [-0.2, -0.15) is 0 Å². The fraction of sp³-hybridized carbons (Fsp3) is 0.182. The first kappa shape index (κ1) is 8.05. The number of nitrogens with one attached hydrogen (secondary N) is 1. The smallest absolute Gasteiger partial charge is 0.150 e. The van der Waals surface area contributed by atoms with Gasteiger partial charge < -0.3 is 4.98 Å². The highest BCUT2D eigenvalue weighted by atomic mass is 16.1. The highest BCUT2D eigenvalue weighted by Crippen LogP contribution is 2.21. The summed E-state index contributed by atoms with van der Waals surface area (Å²) in [6, 6.07) is 3.81. The van der Waals surface area contributed by atoms with Crippen LogP contribution >= 0.6 is 0 Å². The topological polar surface area (TPSA) is 32.9 Å². The van der Waals surface area contributed by atoms with Crippen LogP contribution in [0.15, 0.2) is 18.3 Å². The zero-order valence-corrected chi connectivity index (χ0v) is 7.72. The fourth-order valence-electron chi connectivity index (χ4n) is 1.64. The predicted octanol–water partition coefficient (Wildman–Crippen LogP) is 2.60. The molecule has 0 saturated carbocycles. The lowest BCUT2D eigenvalue weighted by Gasteiger charge is -1.98. The Kier molecular flexibility index (Phi) is 1.69. The number of aromatic nitrogens is 1. The zero-order valence-electron chi connectivity index (χ0n) is 7.72. The Morgan fingerprint density at radius 2 is 2.00 bits per heavy atom. The van der Waals surface area contributed by atoms with Gasteiger partial charge in [-0.05, 0) is 37.1 Å². The quantitative estimate of drug-likeness (QED) is 0.660. The van der Waals surface area contributed by atoms with Gasteiger partial charge in [0.1, 0.15) is 6.29 Å². The minimum atomic E-state index is 0.743. The second kappa shape index (κ2) is 2.73. The van der Waals surface area contributed by atoms with E-state index in [-0.39, 0.29) is 0 Å².